The van der Waals surface area contributed by atoms with E-state index in [1.807, 2.05) is 56.3 Å². The summed E-state index contributed by atoms with van der Waals surface area (Å²) in [5.41, 5.74) is 1.77. The fourth-order valence-electron chi connectivity index (χ4n) is 2.14. The van der Waals surface area contributed by atoms with Crippen LogP contribution in [0.5, 0.6) is 0 Å². The minimum Gasteiger partial charge on any atom is -0.458 e. The highest BCUT2D eigenvalue weighted by molar-refractivity contribution is 5.90. The Labute approximate surface area is 139 Å². The van der Waals surface area contributed by atoms with Crippen molar-refractivity contribution in [1.82, 2.24) is 20.2 Å². The number of benzene rings is 1. The Balaban J connectivity index is 1.62. The molecule has 8 nitrogen and oxygen atoms in total. The van der Waals surface area contributed by atoms with Crippen molar-refractivity contribution >= 4 is 17.3 Å². The van der Waals surface area contributed by atoms with Crippen LogP contribution < -0.4 is 10.2 Å². The summed E-state index contributed by atoms with van der Waals surface area (Å²) in [6.07, 6.45) is 0. The number of carbonyl (C=O) groups excluding carboxylic acids is 1. The molecule has 0 saturated carbocycles. The van der Waals surface area contributed by atoms with E-state index in [0.29, 0.717) is 17.3 Å². The Morgan fingerprint density at radius 2 is 1.96 bits per heavy atom. The highest BCUT2D eigenvalue weighted by Gasteiger charge is 2.12. The van der Waals surface area contributed by atoms with Gasteiger partial charge in [-0.3, -0.25) is 4.79 Å². The summed E-state index contributed by atoms with van der Waals surface area (Å²) in [4.78, 5) is 15.3. The Morgan fingerprint density at radius 1 is 1.21 bits per heavy atom. The second kappa shape index (κ2) is 6.53. The first kappa shape index (κ1) is 15.7. The number of rotatable bonds is 5. The Hall–Kier alpha value is -3.16. The Morgan fingerprint density at radius 3 is 2.58 bits per heavy atom. The quantitative estimate of drug-likeness (QED) is 0.771. The zero-order valence-electron chi connectivity index (χ0n) is 13.7. The molecule has 0 fully saturated rings. The van der Waals surface area contributed by atoms with E-state index in [4.69, 9.17) is 4.42 Å². The molecule has 124 valence electrons. The molecule has 0 spiro atoms. The average Bonchev–Trinajstić information content (AvgIpc) is 3.16. The molecular weight excluding hydrogens is 308 g/mol. The van der Waals surface area contributed by atoms with Gasteiger partial charge in [-0.15, -0.1) is 10.2 Å². The number of aromatic nitrogens is 4. The van der Waals surface area contributed by atoms with Crippen molar-refractivity contribution < 1.29 is 9.21 Å². The van der Waals surface area contributed by atoms with Crippen molar-refractivity contribution in [3.8, 4) is 11.6 Å². The fourth-order valence-corrected chi connectivity index (χ4v) is 2.14. The second-order valence-electron chi connectivity index (χ2n) is 5.54. The summed E-state index contributed by atoms with van der Waals surface area (Å²) < 4.78 is 5.43. The standard InChI is InChI=1S/C16H18N6O2/c1-11-4-9-14(24-11)16-18-20-22(19-16)10-15(23)17-12-5-7-13(8-6-12)21(2)3/h4-9H,10H2,1-3H3,(H,17,23). The van der Waals surface area contributed by atoms with Crippen molar-refractivity contribution in [2.75, 3.05) is 24.3 Å². The SMILES string of the molecule is Cc1ccc(-c2nnn(CC(=O)Nc3ccc(N(C)C)cc3)n2)o1. The van der Waals surface area contributed by atoms with Gasteiger partial charge in [-0.1, -0.05) is 0 Å². The number of nitrogens with one attached hydrogen (secondary N) is 1. The largest absolute Gasteiger partial charge is 0.458 e. The van der Waals surface area contributed by atoms with Crippen LogP contribution in [0.25, 0.3) is 11.6 Å². The molecule has 0 radical (unpaired) electrons. The van der Waals surface area contributed by atoms with E-state index < -0.39 is 0 Å². The normalized spacial score (nSPS) is 10.6. The number of hydrogen-bond donors (Lipinski definition) is 1. The Kier molecular flexibility index (Phi) is 4.28. The lowest BCUT2D eigenvalue weighted by atomic mass is 10.2. The third-order valence-corrected chi connectivity index (χ3v) is 3.37. The molecule has 1 amide bonds. The van der Waals surface area contributed by atoms with Crippen LogP contribution in [-0.2, 0) is 11.3 Å². The summed E-state index contributed by atoms with van der Waals surface area (Å²) in [6.45, 7) is 1.81. The van der Waals surface area contributed by atoms with E-state index in [9.17, 15) is 4.79 Å². The van der Waals surface area contributed by atoms with Gasteiger partial charge in [0.2, 0.25) is 11.7 Å². The van der Waals surface area contributed by atoms with Gasteiger partial charge in [0.05, 0.1) is 0 Å². The highest BCUT2D eigenvalue weighted by atomic mass is 16.3. The van der Waals surface area contributed by atoms with Gasteiger partial charge in [0, 0.05) is 25.5 Å². The molecule has 3 rings (SSSR count). The van der Waals surface area contributed by atoms with E-state index in [-0.39, 0.29) is 12.5 Å². The van der Waals surface area contributed by atoms with Crippen LogP contribution in [-0.4, -0.2) is 40.2 Å². The number of amides is 1. The van der Waals surface area contributed by atoms with Crippen molar-refractivity contribution in [3.63, 3.8) is 0 Å². The summed E-state index contributed by atoms with van der Waals surface area (Å²) >= 11 is 0. The number of carbonyl (C=O) groups is 1. The topological polar surface area (TPSA) is 89.1 Å². The molecule has 0 bridgehead atoms. The summed E-state index contributed by atoms with van der Waals surface area (Å²) in [5.74, 6) is 1.41. The van der Waals surface area contributed by atoms with E-state index >= 15 is 0 Å². The molecule has 3 aromatic rings. The third-order valence-electron chi connectivity index (χ3n) is 3.37. The number of hydrogen-bond acceptors (Lipinski definition) is 6. The number of tetrazole rings is 1. The van der Waals surface area contributed by atoms with Crippen molar-refractivity contribution in [3.05, 3.63) is 42.2 Å². The van der Waals surface area contributed by atoms with Crippen molar-refractivity contribution in [2.24, 2.45) is 0 Å². The van der Waals surface area contributed by atoms with Crippen molar-refractivity contribution in [2.45, 2.75) is 13.5 Å². The molecule has 8 heteroatoms. The van der Waals surface area contributed by atoms with Gasteiger partial charge in [-0.05, 0) is 48.5 Å². The summed E-state index contributed by atoms with van der Waals surface area (Å²) in [6, 6.07) is 11.1. The minimum absolute atomic E-state index is 0.0257. The third kappa shape index (κ3) is 3.60. The van der Waals surface area contributed by atoms with Gasteiger partial charge >= 0.3 is 0 Å². The number of aryl methyl sites for hydroxylation is 1. The lowest BCUT2D eigenvalue weighted by molar-refractivity contribution is -0.117. The molecule has 2 heterocycles. The second-order valence-corrected chi connectivity index (χ2v) is 5.54. The maximum absolute atomic E-state index is 12.1. The molecule has 1 aromatic carbocycles. The fraction of sp³-hybridized carbons (Fsp3) is 0.250. The molecule has 0 saturated heterocycles. The lowest BCUT2D eigenvalue weighted by Gasteiger charge is -2.12. The highest BCUT2D eigenvalue weighted by Crippen LogP contribution is 2.17. The first-order valence-corrected chi connectivity index (χ1v) is 7.43. The molecule has 0 atom stereocenters. The predicted molar refractivity (Wildman–Crippen MR) is 89.7 cm³/mol. The monoisotopic (exact) mass is 326 g/mol. The van der Waals surface area contributed by atoms with Crippen LogP contribution in [0.3, 0.4) is 0 Å². The Bertz CT molecular complexity index is 834. The van der Waals surface area contributed by atoms with E-state index in [1.54, 1.807) is 6.07 Å². The van der Waals surface area contributed by atoms with Crippen LogP contribution in [0.15, 0.2) is 40.8 Å². The smallest absolute Gasteiger partial charge is 0.248 e. The summed E-state index contributed by atoms with van der Waals surface area (Å²) in [5, 5.41) is 14.7. The number of furan rings is 1. The van der Waals surface area contributed by atoms with E-state index in [2.05, 4.69) is 20.7 Å². The number of anilines is 2. The van der Waals surface area contributed by atoms with Crippen molar-refractivity contribution in [1.29, 1.82) is 0 Å². The van der Waals surface area contributed by atoms with E-state index in [1.165, 1.54) is 4.80 Å². The van der Waals surface area contributed by atoms with Crippen LogP contribution in [0.2, 0.25) is 0 Å². The first-order valence-electron chi connectivity index (χ1n) is 7.43. The predicted octanol–water partition coefficient (Wildman–Crippen LogP) is 1.95. The average molecular weight is 326 g/mol. The molecule has 0 aliphatic heterocycles. The summed E-state index contributed by atoms with van der Waals surface area (Å²) in [7, 11) is 3.92. The molecule has 24 heavy (non-hydrogen) atoms. The van der Waals surface area contributed by atoms with Crippen LogP contribution >= 0.6 is 0 Å². The van der Waals surface area contributed by atoms with E-state index in [0.717, 1.165) is 11.4 Å². The van der Waals surface area contributed by atoms with Gasteiger partial charge < -0.3 is 14.6 Å². The van der Waals surface area contributed by atoms with Crippen LogP contribution in [0.1, 0.15) is 5.76 Å². The molecule has 0 aliphatic rings. The maximum atomic E-state index is 12.1. The first-order chi connectivity index (χ1) is 11.5. The van der Waals surface area contributed by atoms with Gasteiger partial charge in [-0.25, -0.2) is 0 Å². The molecule has 0 unspecified atom stereocenters. The zero-order valence-corrected chi connectivity index (χ0v) is 13.7. The molecular formula is C16H18N6O2. The van der Waals surface area contributed by atoms with Crippen LogP contribution in [0.4, 0.5) is 11.4 Å². The van der Waals surface area contributed by atoms with Gasteiger partial charge in [0.15, 0.2) is 5.76 Å². The molecule has 2 aromatic heterocycles. The van der Waals surface area contributed by atoms with Gasteiger partial charge in [-0.2, -0.15) is 4.80 Å². The minimum atomic E-state index is -0.229. The molecule has 0 aliphatic carbocycles. The zero-order chi connectivity index (χ0) is 17.1. The van der Waals surface area contributed by atoms with Gasteiger partial charge in [0.25, 0.3) is 0 Å². The lowest BCUT2D eigenvalue weighted by Crippen LogP contribution is -2.20. The van der Waals surface area contributed by atoms with Crippen LogP contribution in [0, 0.1) is 6.92 Å². The van der Waals surface area contributed by atoms with Gasteiger partial charge in [0.1, 0.15) is 12.3 Å². The number of nitrogens with zero attached hydrogens (tertiary/aromatic N) is 5. The molecule has 1 N–H and O–H groups in total. The maximum Gasteiger partial charge on any atom is 0.248 e.